The van der Waals surface area contributed by atoms with Gasteiger partial charge in [0.25, 0.3) is 5.91 Å². The number of aromatic nitrogens is 2. The Hall–Kier alpha value is -2.93. The molecule has 0 bridgehead atoms. The molecule has 3 aromatic rings. The monoisotopic (exact) mass is 377 g/mol. The lowest BCUT2D eigenvalue weighted by molar-refractivity contribution is -0.0498. The number of nitrogens with one attached hydrogen (secondary N) is 1. The van der Waals surface area contributed by atoms with Gasteiger partial charge in [0.15, 0.2) is 0 Å². The minimum atomic E-state index is -2.90. The normalized spacial score (nSPS) is 10.8. The van der Waals surface area contributed by atoms with Gasteiger partial charge in [-0.15, -0.1) is 0 Å². The number of hydrogen-bond donors (Lipinski definition) is 1. The third-order valence-electron chi connectivity index (χ3n) is 3.52. The maximum absolute atomic E-state index is 12.1. The molecule has 134 valence electrons. The van der Waals surface area contributed by atoms with Crippen molar-refractivity contribution in [3.63, 3.8) is 0 Å². The first-order valence-corrected chi connectivity index (χ1v) is 8.01. The summed E-state index contributed by atoms with van der Waals surface area (Å²) in [5.74, 6) is -0.325. The molecule has 1 aromatic heterocycles. The summed E-state index contributed by atoms with van der Waals surface area (Å²) < 4.78 is 30.2. The van der Waals surface area contributed by atoms with Crippen LogP contribution in [0.25, 0.3) is 5.69 Å². The highest BCUT2D eigenvalue weighted by Gasteiger charge is 2.09. The summed E-state index contributed by atoms with van der Waals surface area (Å²) in [5.41, 5.74) is 2.00. The maximum atomic E-state index is 12.1. The summed E-state index contributed by atoms with van der Waals surface area (Å²) in [6.45, 7) is -2.62. The zero-order valence-electron chi connectivity index (χ0n) is 13.4. The van der Waals surface area contributed by atoms with Crippen LogP contribution in [0.4, 0.5) is 8.78 Å². The molecule has 1 N–H and O–H groups in total. The second kappa shape index (κ2) is 7.97. The number of rotatable bonds is 6. The van der Waals surface area contributed by atoms with Crippen LogP contribution < -0.4 is 10.1 Å². The topological polar surface area (TPSA) is 56.2 Å². The highest BCUT2D eigenvalue weighted by atomic mass is 35.5. The molecular formula is C18H14ClF2N3O2. The van der Waals surface area contributed by atoms with Gasteiger partial charge in [0.2, 0.25) is 0 Å². The first-order chi connectivity index (χ1) is 12.5. The van der Waals surface area contributed by atoms with Crippen LogP contribution in [0.5, 0.6) is 5.75 Å². The second-order valence-corrected chi connectivity index (χ2v) is 5.79. The van der Waals surface area contributed by atoms with Crippen LogP contribution in [-0.4, -0.2) is 22.3 Å². The van der Waals surface area contributed by atoms with E-state index in [1.807, 2.05) is 12.1 Å². The number of nitrogens with zero attached hydrogens (tertiary/aromatic N) is 2. The van der Waals surface area contributed by atoms with E-state index in [4.69, 9.17) is 11.6 Å². The highest BCUT2D eigenvalue weighted by molar-refractivity contribution is 6.30. The minimum absolute atomic E-state index is 0.000732. The molecule has 0 spiro atoms. The Balaban J connectivity index is 1.58. The molecule has 0 aliphatic carbocycles. The average Bonchev–Trinajstić information content (AvgIpc) is 3.09. The van der Waals surface area contributed by atoms with Gasteiger partial charge in [0.05, 0.1) is 11.9 Å². The fourth-order valence-corrected chi connectivity index (χ4v) is 2.38. The van der Waals surface area contributed by atoms with E-state index in [0.717, 1.165) is 11.3 Å². The van der Waals surface area contributed by atoms with Crippen LogP contribution in [0.3, 0.4) is 0 Å². The van der Waals surface area contributed by atoms with Crippen LogP contribution in [0.2, 0.25) is 5.02 Å². The van der Waals surface area contributed by atoms with Crippen molar-refractivity contribution in [2.24, 2.45) is 0 Å². The van der Waals surface area contributed by atoms with E-state index in [1.165, 1.54) is 24.3 Å². The summed E-state index contributed by atoms with van der Waals surface area (Å²) >= 11 is 5.86. The molecule has 2 aromatic carbocycles. The Morgan fingerprint density at radius 3 is 2.50 bits per heavy atom. The smallest absolute Gasteiger partial charge is 0.387 e. The van der Waals surface area contributed by atoms with Gasteiger partial charge < -0.3 is 10.1 Å². The van der Waals surface area contributed by atoms with Gasteiger partial charge in [0.1, 0.15) is 5.75 Å². The van der Waals surface area contributed by atoms with Crippen LogP contribution in [0.15, 0.2) is 60.9 Å². The Morgan fingerprint density at radius 2 is 1.85 bits per heavy atom. The number of alkyl halides is 2. The standard InChI is InChI=1S/C18H14ClF2N3O2/c19-14-3-5-15(6-4-14)24-11-12(10-23-24)9-22-17(25)13-1-7-16(8-2-13)26-18(20)21/h1-8,10-11,18H,9H2,(H,22,25). The van der Waals surface area contributed by atoms with E-state index < -0.39 is 6.61 Å². The Morgan fingerprint density at radius 1 is 1.15 bits per heavy atom. The summed E-state index contributed by atoms with van der Waals surface area (Å²) in [6.07, 6.45) is 3.44. The Labute approximate surface area is 153 Å². The van der Waals surface area contributed by atoms with Crippen molar-refractivity contribution in [1.82, 2.24) is 15.1 Å². The molecule has 0 saturated heterocycles. The van der Waals surface area contributed by atoms with E-state index in [9.17, 15) is 13.6 Å². The van der Waals surface area contributed by atoms with Crippen molar-refractivity contribution >= 4 is 17.5 Å². The van der Waals surface area contributed by atoms with Gasteiger partial charge in [-0.3, -0.25) is 4.79 Å². The Kier molecular flexibility index (Phi) is 5.48. The third kappa shape index (κ3) is 4.58. The summed E-state index contributed by atoms with van der Waals surface area (Å²) in [5, 5.41) is 7.63. The Bertz CT molecular complexity index is 880. The van der Waals surface area contributed by atoms with Crippen molar-refractivity contribution in [3.8, 4) is 11.4 Å². The van der Waals surface area contributed by atoms with E-state index in [2.05, 4.69) is 15.2 Å². The lowest BCUT2D eigenvalue weighted by atomic mass is 10.2. The van der Waals surface area contributed by atoms with E-state index in [1.54, 1.807) is 29.2 Å². The van der Waals surface area contributed by atoms with Gasteiger partial charge in [-0.25, -0.2) is 4.68 Å². The van der Waals surface area contributed by atoms with Crippen LogP contribution >= 0.6 is 11.6 Å². The molecule has 0 aliphatic heterocycles. The number of amides is 1. The SMILES string of the molecule is O=C(NCc1cnn(-c2ccc(Cl)cc2)c1)c1ccc(OC(F)F)cc1. The first-order valence-electron chi connectivity index (χ1n) is 7.64. The number of halogens is 3. The van der Waals surface area contributed by atoms with E-state index >= 15 is 0 Å². The molecule has 0 saturated carbocycles. The minimum Gasteiger partial charge on any atom is -0.435 e. The number of carbonyl (C=O) groups excluding carboxylic acids is 1. The molecule has 0 aliphatic rings. The number of ether oxygens (including phenoxy) is 1. The quantitative estimate of drug-likeness (QED) is 0.705. The predicted octanol–water partition coefficient (Wildman–Crippen LogP) is 4.06. The average molecular weight is 378 g/mol. The first kappa shape index (κ1) is 17.9. The highest BCUT2D eigenvalue weighted by Crippen LogP contribution is 2.15. The molecule has 3 rings (SSSR count). The lowest BCUT2D eigenvalue weighted by Gasteiger charge is -2.06. The van der Waals surface area contributed by atoms with Crippen LogP contribution in [-0.2, 0) is 6.54 Å². The summed E-state index contributed by atoms with van der Waals surface area (Å²) in [6, 6.07) is 12.7. The van der Waals surface area contributed by atoms with Crippen molar-refractivity contribution < 1.29 is 18.3 Å². The van der Waals surface area contributed by atoms with Crippen molar-refractivity contribution in [2.75, 3.05) is 0 Å². The predicted molar refractivity (Wildman–Crippen MR) is 92.8 cm³/mol. The van der Waals surface area contributed by atoms with Gasteiger partial charge in [-0.2, -0.15) is 13.9 Å². The van der Waals surface area contributed by atoms with Gasteiger partial charge in [0, 0.05) is 28.9 Å². The fraction of sp³-hybridized carbons (Fsp3) is 0.111. The second-order valence-electron chi connectivity index (χ2n) is 5.36. The van der Waals surface area contributed by atoms with Crippen molar-refractivity contribution in [3.05, 3.63) is 77.1 Å². The third-order valence-corrected chi connectivity index (χ3v) is 3.77. The van der Waals surface area contributed by atoms with Gasteiger partial charge in [-0.05, 0) is 48.5 Å². The van der Waals surface area contributed by atoms with Gasteiger partial charge >= 0.3 is 6.61 Å². The summed E-state index contributed by atoms with van der Waals surface area (Å²) in [4.78, 5) is 12.1. The lowest BCUT2D eigenvalue weighted by Crippen LogP contribution is -2.22. The van der Waals surface area contributed by atoms with Crippen molar-refractivity contribution in [1.29, 1.82) is 0 Å². The van der Waals surface area contributed by atoms with Crippen LogP contribution in [0, 0.1) is 0 Å². The molecule has 5 nitrogen and oxygen atoms in total. The van der Waals surface area contributed by atoms with Crippen molar-refractivity contribution in [2.45, 2.75) is 13.2 Å². The molecule has 0 unspecified atom stereocenters. The fourth-order valence-electron chi connectivity index (χ4n) is 2.26. The van der Waals surface area contributed by atoms with E-state index in [-0.39, 0.29) is 18.2 Å². The molecule has 1 amide bonds. The molecule has 1 heterocycles. The zero-order chi connectivity index (χ0) is 18.5. The molecular weight excluding hydrogens is 364 g/mol. The number of hydrogen-bond acceptors (Lipinski definition) is 3. The number of carbonyl (C=O) groups is 1. The largest absolute Gasteiger partial charge is 0.435 e. The molecule has 0 atom stereocenters. The number of benzene rings is 2. The van der Waals surface area contributed by atoms with Gasteiger partial charge in [-0.1, -0.05) is 11.6 Å². The molecule has 0 fully saturated rings. The summed E-state index contributed by atoms with van der Waals surface area (Å²) in [7, 11) is 0. The molecule has 0 radical (unpaired) electrons. The zero-order valence-corrected chi connectivity index (χ0v) is 14.2. The van der Waals surface area contributed by atoms with Crippen LogP contribution in [0.1, 0.15) is 15.9 Å². The maximum Gasteiger partial charge on any atom is 0.387 e. The van der Waals surface area contributed by atoms with E-state index in [0.29, 0.717) is 10.6 Å². The molecule has 8 heteroatoms. The molecule has 26 heavy (non-hydrogen) atoms.